The first-order valence-electron chi connectivity index (χ1n) is 7.66. The second kappa shape index (κ2) is 6.45. The number of hydrogen-bond acceptors (Lipinski definition) is 4. The number of amidine groups is 1. The van der Waals surface area contributed by atoms with Gasteiger partial charge in [-0.1, -0.05) is 48.5 Å². The predicted octanol–water partition coefficient (Wildman–Crippen LogP) is 2.74. The van der Waals surface area contributed by atoms with E-state index in [1.807, 2.05) is 0 Å². The van der Waals surface area contributed by atoms with Gasteiger partial charge in [-0.25, -0.2) is 4.99 Å². The maximum Gasteiger partial charge on any atom is 0.448 e. The van der Waals surface area contributed by atoms with Crippen LogP contribution in [0.15, 0.2) is 59.6 Å². The number of carbonyl (C=O) groups excluding carboxylic acids is 1. The van der Waals surface area contributed by atoms with Gasteiger partial charge in [0.2, 0.25) is 0 Å². The zero-order valence-electron chi connectivity index (χ0n) is 13.7. The molecular weight excluding hydrogens is 349 g/mol. The molecule has 1 heterocycles. The number of para-hydroxylation sites is 1. The van der Waals surface area contributed by atoms with Crippen molar-refractivity contribution in [3.05, 3.63) is 65.7 Å². The lowest BCUT2D eigenvalue weighted by atomic mass is 10.1. The highest BCUT2D eigenvalue weighted by molar-refractivity contribution is 6.14. The van der Waals surface area contributed by atoms with E-state index in [9.17, 15) is 23.1 Å². The number of aliphatic hydroxyl groups is 1. The summed E-state index contributed by atoms with van der Waals surface area (Å²) in [7, 11) is 1.42. The second-order valence-electron chi connectivity index (χ2n) is 5.67. The first-order valence-corrected chi connectivity index (χ1v) is 7.66. The van der Waals surface area contributed by atoms with Crippen LogP contribution in [0.5, 0.6) is 5.75 Å². The highest BCUT2D eigenvalue weighted by Crippen LogP contribution is 2.39. The second-order valence-corrected chi connectivity index (χ2v) is 5.67. The fraction of sp³-hybridized carbons (Fsp3) is 0.222. The van der Waals surface area contributed by atoms with Crippen LogP contribution in [-0.2, 0) is 11.3 Å². The Labute approximate surface area is 147 Å². The predicted molar refractivity (Wildman–Crippen MR) is 87.5 cm³/mol. The Morgan fingerprint density at radius 3 is 2.35 bits per heavy atom. The summed E-state index contributed by atoms with van der Waals surface area (Å²) >= 11 is 0. The minimum atomic E-state index is -5.24. The molecule has 0 spiro atoms. The largest absolute Gasteiger partial charge is 0.496 e. The van der Waals surface area contributed by atoms with Crippen LogP contribution in [-0.4, -0.2) is 40.8 Å². The van der Waals surface area contributed by atoms with Gasteiger partial charge < -0.3 is 9.84 Å². The van der Waals surface area contributed by atoms with Gasteiger partial charge in [0.05, 0.1) is 13.7 Å². The Morgan fingerprint density at radius 1 is 1.12 bits per heavy atom. The number of aliphatic imine (C=N–C) groups is 1. The highest BCUT2D eigenvalue weighted by atomic mass is 19.4. The average Bonchev–Trinajstić information content (AvgIpc) is 2.89. The lowest BCUT2D eigenvalue weighted by molar-refractivity contribution is -0.248. The molecule has 0 bridgehead atoms. The standard InChI is InChI=1S/C18H15F3N2O3/c1-26-14-10-6-5-9-13(14)11-23-15(12-7-3-2-4-8-12)22-17(25,16(23)24)18(19,20)21/h2-10,25H,11H2,1H3/t17-/m1/s1. The van der Waals surface area contributed by atoms with Crippen LogP contribution in [0.4, 0.5) is 13.2 Å². The van der Waals surface area contributed by atoms with E-state index >= 15 is 0 Å². The molecular formula is C18H15F3N2O3. The van der Waals surface area contributed by atoms with Crippen molar-refractivity contribution in [3.63, 3.8) is 0 Å². The van der Waals surface area contributed by atoms with E-state index in [0.717, 1.165) is 4.90 Å². The van der Waals surface area contributed by atoms with Gasteiger partial charge in [0.25, 0.3) is 5.91 Å². The van der Waals surface area contributed by atoms with Gasteiger partial charge in [0, 0.05) is 11.1 Å². The summed E-state index contributed by atoms with van der Waals surface area (Å²) in [6.07, 6.45) is -5.24. The van der Waals surface area contributed by atoms with E-state index in [2.05, 4.69) is 4.99 Å². The Balaban J connectivity index is 2.07. The zero-order chi connectivity index (χ0) is 18.9. The van der Waals surface area contributed by atoms with E-state index in [4.69, 9.17) is 4.74 Å². The summed E-state index contributed by atoms with van der Waals surface area (Å²) in [6, 6.07) is 14.6. The molecule has 0 saturated heterocycles. The molecule has 0 fully saturated rings. The van der Waals surface area contributed by atoms with Crippen LogP contribution in [0.2, 0.25) is 0 Å². The van der Waals surface area contributed by atoms with Crippen LogP contribution in [0.25, 0.3) is 0 Å². The number of halogens is 3. The molecule has 1 N–H and O–H groups in total. The van der Waals surface area contributed by atoms with Crippen LogP contribution in [0.3, 0.4) is 0 Å². The van der Waals surface area contributed by atoms with Gasteiger partial charge in [-0.15, -0.1) is 0 Å². The van der Waals surface area contributed by atoms with E-state index in [1.54, 1.807) is 42.5 Å². The third-order valence-electron chi connectivity index (χ3n) is 4.01. The number of benzene rings is 2. The third-order valence-corrected chi connectivity index (χ3v) is 4.01. The number of alkyl halides is 3. The van der Waals surface area contributed by atoms with Crippen LogP contribution in [0, 0.1) is 0 Å². The van der Waals surface area contributed by atoms with Crippen molar-refractivity contribution >= 4 is 11.7 Å². The van der Waals surface area contributed by atoms with Crippen molar-refractivity contribution in [1.29, 1.82) is 0 Å². The van der Waals surface area contributed by atoms with Crippen LogP contribution >= 0.6 is 0 Å². The molecule has 8 heteroatoms. The minimum Gasteiger partial charge on any atom is -0.496 e. The summed E-state index contributed by atoms with van der Waals surface area (Å²) in [5, 5.41) is 9.97. The van der Waals surface area contributed by atoms with Crippen molar-refractivity contribution < 1.29 is 27.8 Å². The molecule has 1 amide bonds. The van der Waals surface area contributed by atoms with E-state index in [0.29, 0.717) is 11.3 Å². The van der Waals surface area contributed by atoms with Gasteiger partial charge in [-0.2, -0.15) is 13.2 Å². The molecule has 0 saturated carbocycles. The molecule has 3 rings (SSSR count). The first kappa shape index (κ1) is 17.9. The topological polar surface area (TPSA) is 62.1 Å². The summed E-state index contributed by atoms with van der Waals surface area (Å²) in [4.78, 5) is 16.6. The summed E-state index contributed by atoms with van der Waals surface area (Å²) in [6.45, 7) is -0.227. The number of amides is 1. The number of methoxy groups -OCH3 is 1. The summed E-state index contributed by atoms with van der Waals surface area (Å²) < 4.78 is 45.1. The Hall–Kier alpha value is -2.87. The van der Waals surface area contributed by atoms with Gasteiger partial charge in [-0.3, -0.25) is 9.69 Å². The zero-order valence-corrected chi connectivity index (χ0v) is 13.7. The quantitative estimate of drug-likeness (QED) is 0.908. The normalized spacial score (nSPS) is 20.3. The van der Waals surface area contributed by atoms with Crippen LogP contribution in [0.1, 0.15) is 11.1 Å². The van der Waals surface area contributed by atoms with E-state index in [-0.39, 0.29) is 17.9 Å². The molecule has 136 valence electrons. The number of carbonyl (C=O) groups is 1. The van der Waals surface area contributed by atoms with Crippen molar-refractivity contribution in [2.24, 2.45) is 4.99 Å². The number of ether oxygens (including phenoxy) is 1. The molecule has 1 atom stereocenters. The molecule has 1 aliphatic heterocycles. The smallest absolute Gasteiger partial charge is 0.448 e. The van der Waals surface area contributed by atoms with Gasteiger partial charge in [0.15, 0.2) is 0 Å². The van der Waals surface area contributed by atoms with Gasteiger partial charge in [0.1, 0.15) is 11.6 Å². The fourth-order valence-electron chi connectivity index (χ4n) is 2.69. The van der Waals surface area contributed by atoms with Crippen molar-refractivity contribution in [1.82, 2.24) is 4.90 Å². The van der Waals surface area contributed by atoms with Crippen molar-refractivity contribution in [2.45, 2.75) is 18.4 Å². The molecule has 26 heavy (non-hydrogen) atoms. The lowest BCUT2D eigenvalue weighted by Gasteiger charge is -2.24. The monoisotopic (exact) mass is 364 g/mol. The number of rotatable bonds is 4. The molecule has 1 aliphatic rings. The summed E-state index contributed by atoms with van der Waals surface area (Å²) in [5.74, 6) is -1.38. The SMILES string of the molecule is COc1ccccc1CN1C(=O)[C@@](O)(C(F)(F)F)N=C1c1ccccc1. The maximum absolute atomic E-state index is 13.3. The average molecular weight is 364 g/mol. The van der Waals surface area contributed by atoms with Crippen molar-refractivity contribution in [2.75, 3.05) is 7.11 Å². The molecule has 0 unspecified atom stereocenters. The number of nitrogens with zero attached hydrogens (tertiary/aromatic N) is 2. The number of hydrogen-bond donors (Lipinski definition) is 1. The van der Waals surface area contributed by atoms with Gasteiger partial charge in [-0.05, 0) is 6.07 Å². The van der Waals surface area contributed by atoms with E-state index < -0.39 is 17.8 Å². The molecule has 0 aromatic heterocycles. The first-order chi connectivity index (χ1) is 12.3. The third kappa shape index (κ3) is 2.92. The van der Waals surface area contributed by atoms with Crippen molar-refractivity contribution in [3.8, 4) is 5.75 Å². The minimum absolute atomic E-state index is 0.227. The molecule has 0 radical (unpaired) electrons. The Morgan fingerprint density at radius 2 is 1.73 bits per heavy atom. The highest BCUT2D eigenvalue weighted by Gasteiger charge is 2.65. The Kier molecular flexibility index (Phi) is 4.45. The van der Waals surface area contributed by atoms with Crippen LogP contribution < -0.4 is 4.74 Å². The Bertz CT molecular complexity index is 852. The van der Waals surface area contributed by atoms with Gasteiger partial charge >= 0.3 is 11.9 Å². The molecule has 2 aromatic carbocycles. The summed E-state index contributed by atoms with van der Waals surface area (Å²) in [5.41, 5.74) is -3.03. The maximum atomic E-state index is 13.3. The molecule has 5 nitrogen and oxygen atoms in total. The molecule has 2 aromatic rings. The van der Waals surface area contributed by atoms with E-state index in [1.165, 1.54) is 19.2 Å². The fourth-order valence-corrected chi connectivity index (χ4v) is 2.69. The molecule has 0 aliphatic carbocycles. The lowest BCUT2D eigenvalue weighted by Crippen LogP contribution is -2.52.